The maximum Gasteiger partial charge on any atom is 0.331 e. The van der Waals surface area contributed by atoms with Gasteiger partial charge in [-0.25, -0.2) is 9.59 Å². The average molecular weight is 226 g/mol. The highest BCUT2D eigenvalue weighted by Gasteiger charge is 2.13. The van der Waals surface area contributed by atoms with Crippen LogP contribution in [0.5, 0.6) is 0 Å². The zero-order valence-corrected chi connectivity index (χ0v) is 9.35. The summed E-state index contributed by atoms with van der Waals surface area (Å²) in [6.45, 7) is 0.396. The third kappa shape index (κ3) is 5.53. The molecule has 0 radical (unpaired) electrons. The molecule has 90 valence electrons. The smallest absolute Gasteiger partial charge is 0.331 e. The predicted octanol–water partition coefficient (Wildman–Crippen LogP) is 2.14. The lowest BCUT2D eigenvalue weighted by Crippen LogP contribution is -2.11. The molecule has 4 heteroatoms. The molecule has 0 aromatic carbocycles. The highest BCUT2D eigenvalue weighted by Crippen LogP contribution is 2.25. The number of hydrogen-bond donors (Lipinski definition) is 1. The van der Waals surface area contributed by atoms with Crippen molar-refractivity contribution in [3.8, 4) is 0 Å². The van der Waals surface area contributed by atoms with Crippen molar-refractivity contribution < 1.29 is 19.4 Å². The number of carboxylic acid groups (broad SMARTS) is 1. The van der Waals surface area contributed by atoms with Gasteiger partial charge >= 0.3 is 11.9 Å². The molecule has 4 nitrogen and oxygen atoms in total. The SMILES string of the molecule is O=C(O)/C=C\C(=O)OCCC1CCCCC1. The van der Waals surface area contributed by atoms with Gasteiger partial charge in [0.05, 0.1) is 6.61 Å². The summed E-state index contributed by atoms with van der Waals surface area (Å²) in [4.78, 5) is 21.1. The first-order valence-corrected chi connectivity index (χ1v) is 5.76. The number of rotatable bonds is 5. The summed E-state index contributed by atoms with van der Waals surface area (Å²) in [5.41, 5.74) is 0. The van der Waals surface area contributed by atoms with Gasteiger partial charge in [-0.15, -0.1) is 0 Å². The van der Waals surface area contributed by atoms with Crippen LogP contribution in [0, 0.1) is 5.92 Å². The van der Waals surface area contributed by atoms with Crippen LogP contribution in [0.2, 0.25) is 0 Å². The lowest BCUT2D eigenvalue weighted by molar-refractivity contribution is -0.139. The van der Waals surface area contributed by atoms with Crippen molar-refractivity contribution in [3.05, 3.63) is 12.2 Å². The van der Waals surface area contributed by atoms with Crippen LogP contribution in [-0.2, 0) is 14.3 Å². The molecule has 0 unspecified atom stereocenters. The van der Waals surface area contributed by atoms with Crippen molar-refractivity contribution in [1.82, 2.24) is 0 Å². The van der Waals surface area contributed by atoms with E-state index >= 15 is 0 Å². The highest BCUT2D eigenvalue weighted by atomic mass is 16.5. The molecular formula is C12H18O4. The first kappa shape index (κ1) is 12.7. The first-order chi connectivity index (χ1) is 7.68. The molecular weight excluding hydrogens is 208 g/mol. The minimum Gasteiger partial charge on any atom is -0.478 e. The molecule has 1 rings (SSSR count). The largest absolute Gasteiger partial charge is 0.478 e. The minimum absolute atomic E-state index is 0.396. The van der Waals surface area contributed by atoms with E-state index in [0.717, 1.165) is 18.6 Å². The molecule has 1 N–H and O–H groups in total. The Morgan fingerprint density at radius 1 is 1.19 bits per heavy atom. The van der Waals surface area contributed by atoms with Gasteiger partial charge in [-0.1, -0.05) is 32.1 Å². The summed E-state index contributed by atoms with van der Waals surface area (Å²) in [5.74, 6) is -1.03. The van der Waals surface area contributed by atoms with Gasteiger partial charge in [0.25, 0.3) is 0 Å². The Bertz CT molecular complexity index is 264. The van der Waals surface area contributed by atoms with Crippen molar-refractivity contribution in [2.75, 3.05) is 6.61 Å². The summed E-state index contributed by atoms with van der Waals surface area (Å²) < 4.78 is 4.91. The standard InChI is InChI=1S/C12H18O4/c13-11(14)6-7-12(15)16-9-8-10-4-2-1-3-5-10/h6-7,10H,1-5,8-9H2,(H,13,14)/b7-6-. The van der Waals surface area contributed by atoms with Gasteiger partial charge in [-0.2, -0.15) is 0 Å². The number of carbonyl (C=O) groups excluding carboxylic acids is 1. The quantitative estimate of drug-likeness (QED) is 0.576. The van der Waals surface area contributed by atoms with Crippen LogP contribution < -0.4 is 0 Å². The number of aliphatic carboxylic acids is 1. The zero-order valence-electron chi connectivity index (χ0n) is 9.35. The number of hydrogen-bond acceptors (Lipinski definition) is 3. The Hall–Kier alpha value is -1.32. The number of esters is 1. The summed E-state index contributed by atoms with van der Waals surface area (Å²) in [7, 11) is 0. The molecule has 0 aromatic heterocycles. The molecule has 16 heavy (non-hydrogen) atoms. The van der Waals surface area contributed by atoms with E-state index < -0.39 is 11.9 Å². The first-order valence-electron chi connectivity index (χ1n) is 5.76. The van der Waals surface area contributed by atoms with Crippen molar-refractivity contribution in [2.45, 2.75) is 38.5 Å². The van der Waals surface area contributed by atoms with Crippen molar-refractivity contribution in [2.24, 2.45) is 5.92 Å². The molecule has 0 heterocycles. The Balaban J connectivity index is 2.09. The summed E-state index contributed by atoms with van der Waals surface area (Å²) >= 11 is 0. The normalized spacial score (nSPS) is 17.5. The second-order valence-corrected chi connectivity index (χ2v) is 4.13. The van der Waals surface area contributed by atoms with Gasteiger partial charge in [-0.05, 0) is 12.3 Å². The van der Waals surface area contributed by atoms with Crippen molar-refractivity contribution in [3.63, 3.8) is 0 Å². The average Bonchev–Trinajstić information content (AvgIpc) is 2.28. The van der Waals surface area contributed by atoms with Crippen LogP contribution in [0.4, 0.5) is 0 Å². The number of ether oxygens (including phenoxy) is 1. The van der Waals surface area contributed by atoms with E-state index in [-0.39, 0.29) is 0 Å². The Morgan fingerprint density at radius 2 is 1.88 bits per heavy atom. The monoisotopic (exact) mass is 226 g/mol. The summed E-state index contributed by atoms with van der Waals surface area (Å²) in [5, 5.41) is 8.30. The lowest BCUT2D eigenvalue weighted by Gasteiger charge is -2.20. The van der Waals surface area contributed by atoms with Crippen LogP contribution in [0.15, 0.2) is 12.2 Å². The molecule has 1 aliphatic carbocycles. The molecule has 0 bridgehead atoms. The van der Waals surface area contributed by atoms with Gasteiger partial charge in [0.1, 0.15) is 0 Å². The van der Waals surface area contributed by atoms with Crippen LogP contribution >= 0.6 is 0 Å². The van der Waals surface area contributed by atoms with E-state index in [2.05, 4.69) is 0 Å². The van der Waals surface area contributed by atoms with Crippen LogP contribution in [0.25, 0.3) is 0 Å². The Labute approximate surface area is 95.3 Å². The van der Waals surface area contributed by atoms with Gasteiger partial charge in [0.15, 0.2) is 0 Å². The van der Waals surface area contributed by atoms with Crippen molar-refractivity contribution in [1.29, 1.82) is 0 Å². The highest BCUT2D eigenvalue weighted by molar-refractivity contribution is 5.90. The predicted molar refractivity (Wildman–Crippen MR) is 58.9 cm³/mol. The Kier molecular flexibility index (Phi) is 5.61. The van der Waals surface area contributed by atoms with Crippen molar-refractivity contribution >= 4 is 11.9 Å². The zero-order chi connectivity index (χ0) is 11.8. The van der Waals surface area contributed by atoms with E-state index in [1.165, 1.54) is 32.1 Å². The second kappa shape index (κ2) is 7.04. The Morgan fingerprint density at radius 3 is 2.50 bits per heavy atom. The van der Waals surface area contributed by atoms with Crippen LogP contribution in [0.1, 0.15) is 38.5 Å². The van der Waals surface area contributed by atoms with E-state index in [9.17, 15) is 9.59 Å². The summed E-state index contributed by atoms with van der Waals surface area (Å²) in [6, 6.07) is 0. The molecule has 1 fully saturated rings. The maximum absolute atomic E-state index is 11.0. The molecule has 1 aliphatic rings. The topological polar surface area (TPSA) is 63.6 Å². The van der Waals surface area contributed by atoms with Gasteiger partial charge in [0, 0.05) is 12.2 Å². The third-order valence-corrected chi connectivity index (χ3v) is 2.86. The molecule has 1 saturated carbocycles. The van der Waals surface area contributed by atoms with Crippen LogP contribution in [-0.4, -0.2) is 23.7 Å². The summed E-state index contributed by atoms with van der Waals surface area (Å²) in [6.07, 6.45) is 8.95. The number of carboxylic acids is 1. The van der Waals surface area contributed by atoms with Gasteiger partial charge in [0.2, 0.25) is 0 Å². The van der Waals surface area contributed by atoms with E-state index in [0.29, 0.717) is 12.5 Å². The fourth-order valence-electron chi connectivity index (χ4n) is 1.99. The fourth-order valence-corrected chi connectivity index (χ4v) is 1.99. The molecule has 0 saturated heterocycles. The molecule has 0 aliphatic heterocycles. The minimum atomic E-state index is -1.13. The van der Waals surface area contributed by atoms with E-state index in [1.807, 2.05) is 0 Å². The van der Waals surface area contributed by atoms with E-state index in [1.54, 1.807) is 0 Å². The number of carbonyl (C=O) groups is 2. The fraction of sp³-hybridized carbons (Fsp3) is 0.667. The molecule has 0 amide bonds. The van der Waals surface area contributed by atoms with Gasteiger partial charge < -0.3 is 9.84 Å². The maximum atomic E-state index is 11.0. The third-order valence-electron chi connectivity index (χ3n) is 2.86. The van der Waals surface area contributed by atoms with Gasteiger partial charge in [-0.3, -0.25) is 0 Å². The van der Waals surface area contributed by atoms with E-state index in [4.69, 9.17) is 9.84 Å². The molecule has 0 aromatic rings. The second-order valence-electron chi connectivity index (χ2n) is 4.13. The lowest BCUT2D eigenvalue weighted by atomic mass is 9.87. The molecule has 0 atom stereocenters. The molecule has 0 spiro atoms. The van der Waals surface area contributed by atoms with Crippen LogP contribution in [0.3, 0.4) is 0 Å².